The molecule has 1 amide bonds. The van der Waals surface area contributed by atoms with E-state index in [0.29, 0.717) is 34.1 Å². The number of nitrogens with zero attached hydrogens (tertiary/aromatic N) is 3. The van der Waals surface area contributed by atoms with Gasteiger partial charge in [0.25, 0.3) is 5.56 Å². The van der Waals surface area contributed by atoms with Crippen molar-refractivity contribution in [2.45, 2.75) is 50.6 Å². The smallest absolute Gasteiger partial charge is 0.266 e. The van der Waals surface area contributed by atoms with E-state index in [1.54, 1.807) is 56.3 Å². The van der Waals surface area contributed by atoms with Gasteiger partial charge in [-0.1, -0.05) is 37.7 Å². The maximum Gasteiger partial charge on any atom is 0.266 e. The van der Waals surface area contributed by atoms with E-state index in [1.807, 2.05) is 26.8 Å². The molecule has 3 aromatic rings. The highest BCUT2D eigenvalue weighted by atomic mass is 32.2. The predicted octanol–water partition coefficient (Wildman–Crippen LogP) is 4.32. The normalized spacial score (nSPS) is 13.8. The Hall–Kier alpha value is -3.31. The lowest BCUT2D eigenvalue weighted by Crippen LogP contribution is -2.51. The van der Waals surface area contributed by atoms with Crippen molar-refractivity contribution < 1.29 is 9.53 Å². The van der Waals surface area contributed by atoms with Gasteiger partial charge in [-0.3, -0.25) is 14.2 Å². The number of nitrogens with one attached hydrogen (secondary N) is 1. The maximum atomic E-state index is 13.4. The SMILES string of the molecule is CCOc1ccc(-n2c(SC(C)C(=O)NC(C)(C#N)C(C)C)nc3ccccc3c2=O)cc1. The minimum atomic E-state index is -0.989. The zero-order chi connectivity index (χ0) is 24.2. The summed E-state index contributed by atoms with van der Waals surface area (Å²) < 4.78 is 7.02. The molecule has 2 unspecified atom stereocenters. The van der Waals surface area contributed by atoms with E-state index in [-0.39, 0.29) is 17.4 Å². The number of carbonyl (C=O) groups excluding carboxylic acids is 1. The number of hydrogen-bond donors (Lipinski definition) is 1. The summed E-state index contributed by atoms with van der Waals surface area (Å²) in [7, 11) is 0. The third-order valence-corrected chi connectivity index (χ3v) is 6.62. The first-order valence-corrected chi connectivity index (χ1v) is 11.7. The zero-order valence-electron chi connectivity index (χ0n) is 19.5. The predicted molar refractivity (Wildman–Crippen MR) is 131 cm³/mol. The summed E-state index contributed by atoms with van der Waals surface area (Å²) in [6, 6.07) is 16.5. The second-order valence-electron chi connectivity index (χ2n) is 8.20. The molecule has 0 radical (unpaired) electrons. The molecule has 33 heavy (non-hydrogen) atoms. The largest absolute Gasteiger partial charge is 0.494 e. The number of ether oxygens (including phenoxy) is 1. The van der Waals surface area contributed by atoms with Crippen LogP contribution in [0.15, 0.2) is 58.5 Å². The van der Waals surface area contributed by atoms with Crippen molar-refractivity contribution in [3.05, 3.63) is 58.9 Å². The molecule has 0 saturated carbocycles. The Kier molecular flexibility index (Phi) is 7.44. The summed E-state index contributed by atoms with van der Waals surface area (Å²) in [6.07, 6.45) is 0. The molecule has 0 aliphatic carbocycles. The molecule has 2 atom stereocenters. The number of thioether (sulfide) groups is 1. The number of rotatable bonds is 8. The van der Waals surface area contributed by atoms with Gasteiger partial charge in [0.05, 0.1) is 34.5 Å². The van der Waals surface area contributed by atoms with Gasteiger partial charge >= 0.3 is 0 Å². The molecule has 172 valence electrons. The van der Waals surface area contributed by atoms with Crippen LogP contribution in [0.4, 0.5) is 0 Å². The first-order chi connectivity index (χ1) is 15.7. The van der Waals surface area contributed by atoms with Crippen molar-refractivity contribution in [2.24, 2.45) is 5.92 Å². The molecule has 1 heterocycles. The van der Waals surface area contributed by atoms with E-state index < -0.39 is 10.8 Å². The zero-order valence-corrected chi connectivity index (χ0v) is 20.3. The van der Waals surface area contributed by atoms with Gasteiger partial charge in [0.15, 0.2) is 5.16 Å². The van der Waals surface area contributed by atoms with E-state index in [1.165, 1.54) is 16.3 Å². The highest BCUT2D eigenvalue weighted by Gasteiger charge is 2.32. The quantitative estimate of drug-likeness (QED) is 0.394. The molecule has 0 bridgehead atoms. The Morgan fingerprint density at radius 1 is 1.21 bits per heavy atom. The average Bonchev–Trinajstić information content (AvgIpc) is 2.80. The van der Waals surface area contributed by atoms with Crippen LogP contribution in [0.1, 0.15) is 34.6 Å². The molecule has 2 aromatic carbocycles. The fraction of sp³-hybridized carbons (Fsp3) is 0.360. The molecule has 1 N–H and O–H groups in total. The number of carbonyl (C=O) groups is 1. The molecule has 1 aromatic heterocycles. The molecule has 7 nitrogen and oxygen atoms in total. The van der Waals surface area contributed by atoms with Crippen molar-refractivity contribution in [1.29, 1.82) is 5.26 Å². The van der Waals surface area contributed by atoms with Gasteiger partial charge in [0.1, 0.15) is 11.3 Å². The van der Waals surface area contributed by atoms with Crippen LogP contribution in [0.3, 0.4) is 0 Å². The molecule has 3 rings (SSSR count). The van der Waals surface area contributed by atoms with Gasteiger partial charge < -0.3 is 10.1 Å². The number of benzene rings is 2. The second kappa shape index (κ2) is 10.1. The fourth-order valence-corrected chi connectivity index (χ4v) is 4.07. The van der Waals surface area contributed by atoms with Crippen LogP contribution in [0.2, 0.25) is 0 Å². The van der Waals surface area contributed by atoms with Crippen LogP contribution in [0.25, 0.3) is 16.6 Å². The van der Waals surface area contributed by atoms with E-state index in [2.05, 4.69) is 11.4 Å². The molecule has 0 aliphatic heterocycles. The highest BCUT2D eigenvalue weighted by molar-refractivity contribution is 8.00. The molecule has 0 aliphatic rings. The van der Waals surface area contributed by atoms with Crippen molar-refractivity contribution in [3.8, 4) is 17.5 Å². The molecule has 0 spiro atoms. The van der Waals surface area contributed by atoms with Crippen LogP contribution < -0.4 is 15.6 Å². The van der Waals surface area contributed by atoms with Gasteiger partial charge in [0.2, 0.25) is 5.91 Å². The number of aromatic nitrogens is 2. The molecule has 8 heteroatoms. The lowest BCUT2D eigenvalue weighted by Gasteiger charge is -2.28. The minimum Gasteiger partial charge on any atom is -0.494 e. The van der Waals surface area contributed by atoms with Crippen LogP contribution in [0, 0.1) is 17.2 Å². The first-order valence-electron chi connectivity index (χ1n) is 10.8. The fourth-order valence-electron chi connectivity index (χ4n) is 3.15. The molecule has 0 fully saturated rings. The lowest BCUT2D eigenvalue weighted by molar-refractivity contribution is -0.121. The van der Waals surface area contributed by atoms with Gasteiger partial charge in [-0.2, -0.15) is 5.26 Å². The lowest BCUT2D eigenvalue weighted by atomic mass is 9.90. The van der Waals surface area contributed by atoms with Crippen LogP contribution >= 0.6 is 11.8 Å². The Bertz CT molecular complexity index is 1250. The van der Waals surface area contributed by atoms with Gasteiger partial charge in [-0.15, -0.1) is 0 Å². The Balaban J connectivity index is 2.03. The Labute approximate surface area is 197 Å². The van der Waals surface area contributed by atoms with Gasteiger partial charge in [0, 0.05) is 0 Å². The number of fused-ring (bicyclic) bond motifs is 1. The minimum absolute atomic E-state index is 0.0653. The van der Waals surface area contributed by atoms with E-state index >= 15 is 0 Å². The summed E-state index contributed by atoms with van der Waals surface area (Å²) >= 11 is 1.18. The van der Waals surface area contributed by atoms with E-state index in [4.69, 9.17) is 9.72 Å². The first kappa shape index (κ1) is 24.3. The molecular formula is C25H28N4O3S. The van der Waals surface area contributed by atoms with E-state index in [9.17, 15) is 14.9 Å². The average molecular weight is 465 g/mol. The molecule has 0 saturated heterocycles. The van der Waals surface area contributed by atoms with Gasteiger partial charge in [-0.25, -0.2) is 4.98 Å². The topological polar surface area (TPSA) is 97.0 Å². The van der Waals surface area contributed by atoms with Crippen molar-refractivity contribution in [3.63, 3.8) is 0 Å². The number of para-hydroxylation sites is 1. The second-order valence-corrected chi connectivity index (χ2v) is 9.51. The molecular weight excluding hydrogens is 436 g/mol. The van der Waals surface area contributed by atoms with Crippen LogP contribution in [0.5, 0.6) is 5.75 Å². The highest BCUT2D eigenvalue weighted by Crippen LogP contribution is 2.27. The summed E-state index contributed by atoms with van der Waals surface area (Å²) in [5, 5.41) is 12.7. The number of nitriles is 1. The van der Waals surface area contributed by atoms with Gasteiger partial charge in [-0.05, 0) is 63.1 Å². The van der Waals surface area contributed by atoms with Crippen LogP contribution in [-0.4, -0.2) is 32.9 Å². The summed E-state index contributed by atoms with van der Waals surface area (Å²) in [5.74, 6) is 0.345. The third kappa shape index (κ3) is 5.20. The summed E-state index contributed by atoms with van der Waals surface area (Å²) in [4.78, 5) is 31.0. The summed E-state index contributed by atoms with van der Waals surface area (Å²) in [6.45, 7) is 9.66. The Morgan fingerprint density at radius 2 is 1.88 bits per heavy atom. The van der Waals surface area contributed by atoms with Crippen LogP contribution in [-0.2, 0) is 4.79 Å². The number of hydrogen-bond acceptors (Lipinski definition) is 6. The van der Waals surface area contributed by atoms with Crippen molar-refractivity contribution in [2.75, 3.05) is 6.61 Å². The standard InChI is InChI=1S/C25H28N4O3S/c1-6-32-19-13-11-18(12-14-19)29-23(31)20-9-7-8-10-21(20)27-24(29)33-17(4)22(30)28-25(5,15-26)16(2)3/h7-14,16-17H,6H2,1-5H3,(H,28,30). The Morgan fingerprint density at radius 3 is 2.48 bits per heavy atom. The van der Waals surface area contributed by atoms with E-state index in [0.717, 1.165) is 0 Å². The summed E-state index contributed by atoms with van der Waals surface area (Å²) in [5.41, 5.74) is -0.0223. The maximum absolute atomic E-state index is 13.4. The monoisotopic (exact) mass is 464 g/mol. The third-order valence-electron chi connectivity index (χ3n) is 5.57. The number of amides is 1. The van der Waals surface area contributed by atoms with Crippen molar-refractivity contribution >= 4 is 28.6 Å². The van der Waals surface area contributed by atoms with Crippen molar-refractivity contribution in [1.82, 2.24) is 14.9 Å².